The van der Waals surface area contributed by atoms with Crippen molar-refractivity contribution < 1.29 is 14.4 Å². The molecule has 1 aromatic carbocycles. The lowest BCUT2D eigenvalue weighted by Gasteiger charge is -2.39. The zero-order valence-corrected chi connectivity index (χ0v) is 17.7. The van der Waals surface area contributed by atoms with Gasteiger partial charge in [0, 0.05) is 43.2 Å². The molecular weight excluding hydrogens is 366 g/mol. The first kappa shape index (κ1) is 19.9. The zero-order valence-electron chi connectivity index (χ0n) is 17.7. The van der Waals surface area contributed by atoms with Crippen LogP contribution in [0.4, 0.5) is 0 Å². The van der Waals surface area contributed by atoms with Crippen LogP contribution in [-0.2, 0) is 16.1 Å². The molecule has 29 heavy (non-hydrogen) atoms. The van der Waals surface area contributed by atoms with Crippen LogP contribution in [0.1, 0.15) is 62.4 Å². The molecule has 0 saturated carbocycles. The number of fused-ring (bicyclic) bond motifs is 1. The van der Waals surface area contributed by atoms with Crippen molar-refractivity contribution in [1.29, 1.82) is 0 Å². The lowest BCUT2D eigenvalue weighted by atomic mass is 9.94. The predicted octanol–water partition coefficient (Wildman–Crippen LogP) is 2.67. The smallest absolute Gasteiger partial charge is 0.254 e. The van der Waals surface area contributed by atoms with Crippen LogP contribution < -0.4 is 0 Å². The Hall–Kier alpha value is -2.37. The van der Waals surface area contributed by atoms with E-state index in [-0.39, 0.29) is 29.8 Å². The number of piperidine rings is 1. The van der Waals surface area contributed by atoms with Gasteiger partial charge in [-0.1, -0.05) is 39.0 Å². The van der Waals surface area contributed by atoms with Gasteiger partial charge in [0.2, 0.25) is 11.8 Å². The Labute approximate surface area is 172 Å². The average Bonchev–Trinajstić information content (AvgIpc) is 3.31. The predicted molar refractivity (Wildman–Crippen MR) is 110 cm³/mol. The maximum Gasteiger partial charge on any atom is 0.254 e. The van der Waals surface area contributed by atoms with E-state index in [0.717, 1.165) is 36.8 Å². The fourth-order valence-corrected chi connectivity index (χ4v) is 4.88. The molecule has 3 aliphatic rings. The Kier molecular flexibility index (Phi) is 5.13. The van der Waals surface area contributed by atoms with Gasteiger partial charge in [-0.15, -0.1) is 0 Å². The molecule has 0 aliphatic carbocycles. The molecule has 0 spiro atoms. The number of hydrogen-bond acceptors (Lipinski definition) is 3. The van der Waals surface area contributed by atoms with Crippen LogP contribution >= 0.6 is 0 Å². The number of nitrogens with zero attached hydrogens (tertiary/aromatic N) is 3. The molecule has 2 saturated heterocycles. The van der Waals surface area contributed by atoms with Crippen LogP contribution in [0.2, 0.25) is 0 Å². The van der Waals surface area contributed by atoms with E-state index < -0.39 is 5.41 Å². The number of carbonyl (C=O) groups excluding carboxylic acids is 3. The molecule has 0 radical (unpaired) electrons. The van der Waals surface area contributed by atoms with Crippen LogP contribution in [0.5, 0.6) is 0 Å². The van der Waals surface area contributed by atoms with Crippen molar-refractivity contribution in [2.75, 3.05) is 19.6 Å². The van der Waals surface area contributed by atoms with E-state index in [0.29, 0.717) is 26.2 Å². The number of likely N-dealkylation sites (tertiary alicyclic amines) is 2. The first-order chi connectivity index (χ1) is 13.8. The summed E-state index contributed by atoms with van der Waals surface area (Å²) >= 11 is 0. The molecule has 0 aromatic heterocycles. The van der Waals surface area contributed by atoms with Crippen LogP contribution in [0, 0.1) is 5.41 Å². The minimum absolute atomic E-state index is 0.0589. The highest BCUT2D eigenvalue weighted by Gasteiger charge is 2.41. The lowest BCUT2D eigenvalue weighted by Crippen LogP contribution is -2.53. The summed E-state index contributed by atoms with van der Waals surface area (Å²) in [5, 5.41) is 0. The molecule has 4 rings (SSSR count). The maximum absolute atomic E-state index is 13.2. The van der Waals surface area contributed by atoms with Gasteiger partial charge in [-0.25, -0.2) is 0 Å². The fourth-order valence-electron chi connectivity index (χ4n) is 4.88. The summed E-state index contributed by atoms with van der Waals surface area (Å²) in [7, 11) is 0. The largest absolute Gasteiger partial charge is 0.341 e. The number of benzene rings is 1. The van der Waals surface area contributed by atoms with E-state index in [9.17, 15) is 14.4 Å². The average molecular weight is 398 g/mol. The quantitative estimate of drug-likeness (QED) is 0.771. The van der Waals surface area contributed by atoms with Gasteiger partial charge < -0.3 is 14.7 Å². The van der Waals surface area contributed by atoms with Crippen LogP contribution in [0.3, 0.4) is 0 Å². The Balaban J connectivity index is 1.37. The highest BCUT2D eigenvalue weighted by atomic mass is 16.2. The molecule has 6 nitrogen and oxygen atoms in total. The fraction of sp³-hybridized carbons (Fsp3) is 0.609. The number of carbonyl (C=O) groups is 3. The summed E-state index contributed by atoms with van der Waals surface area (Å²) < 4.78 is 0. The SMILES string of the molecule is CC(C)(C)C(=O)N1CCCC1C(=O)N1CCC(N2Cc3ccccc3C2=O)CC1. The van der Waals surface area contributed by atoms with Gasteiger partial charge in [0.05, 0.1) is 0 Å². The highest BCUT2D eigenvalue weighted by molar-refractivity contribution is 5.98. The first-order valence-electron chi connectivity index (χ1n) is 10.8. The van der Waals surface area contributed by atoms with Gasteiger partial charge in [0.25, 0.3) is 5.91 Å². The maximum atomic E-state index is 13.2. The van der Waals surface area contributed by atoms with Crippen molar-refractivity contribution in [3.05, 3.63) is 35.4 Å². The van der Waals surface area contributed by atoms with Crippen molar-refractivity contribution in [3.8, 4) is 0 Å². The lowest BCUT2D eigenvalue weighted by molar-refractivity contribution is -0.149. The molecule has 3 heterocycles. The second-order valence-electron chi connectivity index (χ2n) is 9.55. The van der Waals surface area contributed by atoms with E-state index >= 15 is 0 Å². The summed E-state index contributed by atoms with van der Waals surface area (Å²) in [5.74, 6) is 0.251. The zero-order chi connectivity index (χ0) is 20.8. The molecule has 2 fully saturated rings. The Morgan fingerprint density at radius 2 is 1.69 bits per heavy atom. The molecule has 0 bridgehead atoms. The normalized spacial score (nSPS) is 22.9. The van der Waals surface area contributed by atoms with Gasteiger partial charge in [0.1, 0.15) is 6.04 Å². The van der Waals surface area contributed by atoms with Crippen molar-refractivity contribution in [3.63, 3.8) is 0 Å². The van der Waals surface area contributed by atoms with Crippen LogP contribution in [0.25, 0.3) is 0 Å². The Morgan fingerprint density at radius 1 is 1.00 bits per heavy atom. The van der Waals surface area contributed by atoms with Gasteiger partial charge in [0.15, 0.2) is 0 Å². The van der Waals surface area contributed by atoms with Gasteiger partial charge in [-0.2, -0.15) is 0 Å². The molecule has 1 atom stereocenters. The molecular formula is C23H31N3O3. The Morgan fingerprint density at radius 3 is 2.34 bits per heavy atom. The number of hydrogen-bond donors (Lipinski definition) is 0. The standard InChI is InChI=1S/C23H31N3O3/c1-23(2,3)22(29)25-12-6-9-19(25)21(28)24-13-10-17(11-14-24)26-15-16-7-4-5-8-18(16)20(26)27/h4-5,7-8,17,19H,6,9-15H2,1-3H3. The molecule has 6 heteroatoms. The summed E-state index contributed by atoms with van der Waals surface area (Å²) in [5.41, 5.74) is 1.44. The summed E-state index contributed by atoms with van der Waals surface area (Å²) in [4.78, 5) is 44.3. The third-order valence-corrected chi connectivity index (χ3v) is 6.51. The van der Waals surface area contributed by atoms with Crippen LogP contribution in [0.15, 0.2) is 24.3 Å². The van der Waals surface area contributed by atoms with Gasteiger partial charge in [-0.3, -0.25) is 14.4 Å². The van der Waals surface area contributed by atoms with Gasteiger partial charge >= 0.3 is 0 Å². The summed E-state index contributed by atoms with van der Waals surface area (Å²) in [6.07, 6.45) is 3.23. The number of rotatable bonds is 2. The van der Waals surface area contributed by atoms with E-state index in [1.807, 2.05) is 54.8 Å². The molecule has 0 N–H and O–H groups in total. The molecule has 1 unspecified atom stereocenters. The van der Waals surface area contributed by atoms with Crippen LogP contribution in [-0.4, -0.2) is 64.1 Å². The van der Waals surface area contributed by atoms with E-state index in [1.54, 1.807) is 4.90 Å². The van der Waals surface area contributed by atoms with Crippen molar-refractivity contribution in [2.24, 2.45) is 5.41 Å². The second kappa shape index (κ2) is 7.47. The minimum Gasteiger partial charge on any atom is -0.341 e. The van der Waals surface area contributed by atoms with Gasteiger partial charge in [-0.05, 0) is 37.3 Å². The van der Waals surface area contributed by atoms with Crippen molar-refractivity contribution in [1.82, 2.24) is 14.7 Å². The van der Waals surface area contributed by atoms with Crippen molar-refractivity contribution >= 4 is 17.7 Å². The molecule has 1 aromatic rings. The summed E-state index contributed by atoms with van der Waals surface area (Å²) in [6, 6.07) is 7.66. The third kappa shape index (κ3) is 3.65. The number of amides is 3. The molecule has 3 aliphatic heterocycles. The topological polar surface area (TPSA) is 60.9 Å². The highest BCUT2D eigenvalue weighted by Crippen LogP contribution is 2.30. The van der Waals surface area contributed by atoms with E-state index in [1.165, 1.54) is 0 Å². The van der Waals surface area contributed by atoms with E-state index in [4.69, 9.17) is 0 Å². The second-order valence-corrected chi connectivity index (χ2v) is 9.55. The Bertz CT molecular complexity index is 821. The monoisotopic (exact) mass is 397 g/mol. The summed E-state index contributed by atoms with van der Waals surface area (Å²) in [6.45, 7) is 8.37. The third-order valence-electron chi connectivity index (χ3n) is 6.51. The van der Waals surface area contributed by atoms with Crippen molar-refractivity contribution in [2.45, 2.75) is 65.1 Å². The molecule has 156 valence electrons. The minimum atomic E-state index is -0.471. The molecule has 3 amide bonds. The first-order valence-corrected chi connectivity index (χ1v) is 10.8. The van der Waals surface area contributed by atoms with E-state index in [2.05, 4.69) is 0 Å².